The number of aromatic nitrogens is 1. The molecule has 8 heteroatoms. The van der Waals surface area contributed by atoms with E-state index in [0.717, 1.165) is 6.07 Å². The van der Waals surface area contributed by atoms with Crippen LogP contribution in [0.15, 0.2) is 42.6 Å². The number of hydrogen-bond donors (Lipinski definition) is 1. The first-order valence-electron chi connectivity index (χ1n) is 7.41. The van der Waals surface area contributed by atoms with Crippen molar-refractivity contribution >= 4 is 23.2 Å². The summed E-state index contributed by atoms with van der Waals surface area (Å²) in [5, 5.41) is 22.7. The number of hydrogen-bond acceptors (Lipinski definition) is 6. The van der Waals surface area contributed by atoms with E-state index in [2.05, 4.69) is 10.3 Å². The highest BCUT2D eigenvalue weighted by molar-refractivity contribution is 6.15. The van der Waals surface area contributed by atoms with Crippen molar-refractivity contribution in [2.24, 2.45) is 5.92 Å². The fraction of sp³-hybridized carbons (Fsp3) is 0.176. The summed E-state index contributed by atoms with van der Waals surface area (Å²) in [5.41, 5.74) is 0.190. The lowest BCUT2D eigenvalue weighted by Crippen LogP contribution is -2.29. The number of nitro groups is 1. The Morgan fingerprint density at radius 1 is 1.36 bits per heavy atom. The van der Waals surface area contributed by atoms with Gasteiger partial charge in [-0.3, -0.25) is 19.7 Å². The standard InChI is InChI=1S/C17H14N4O4/c1-2-11-6-7-12(9-14(11)21(24)25)16(22)13(10-18)17(23)20-15-5-3-4-8-19-15/h3-9,13H,2H2,1H3,(H,19,20,23). The van der Waals surface area contributed by atoms with Crippen molar-refractivity contribution < 1.29 is 14.5 Å². The Morgan fingerprint density at radius 2 is 2.12 bits per heavy atom. The number of nitriles is 1. The van der Waals surface area contributed by atoms with E-state index in [0.29, 0.717) is 12.0 Å². The van der Waals surface area contributed by atoms with Gasteiger partial charge in [-0.05, 0) is 18.6 Å². The molecule has 0 saturated heterocycles. The molecule has 1 aromatic carbocycles. The van der Waals surface area contributed by atoms with Gasteiger partial charge in [0, 0.05) is 23.4 Å². The number of pyridine rings is 1. The maximum atomic E-state index is 12.5. The van der Waals surface area contributed by atoms with Crippen molar-refractivity contribution in [1.29, 1.82) is 5.26 Å². The molecule has 0 spiro atoms. The normalized spacial score (nSPS) is 11.2. The SMILES string of the molecule is CCc1ccc(C(=O)C(C#N)C(=O)Nc2ccccn2)cc1[N+](=O)[O-]. The summed E-state index contributed by atoms with van der Waals surface area (Å²) in [5.74, 6) is -3.07. The third-order valence-corrected chi connectivity index (χ3v) is 3.52. The van der Waals surface area contributed by atoms with E-state index in [1.165, 1.54) is 24.4 Å². The number of benzene rings is 1. The van der Waals surface area contributed by atoms with E-state index >= 15 is 0 Å². The molecular weight excluding hydrogens is 324 g/mol. The zero-order valence-electron chi connectivity index (χ0n) is 13.3. The maximum Gasteiger partial charge on any atom is 0.273 e. The Kier molecular flexibility index (Phi) is 5.53. The molecule has 0 radical (unpaired) electrons. The minimum absolute atomic E-state index is 0.0633. The Morgan fingerprint density at radius 3 is 2.68 bits per heavy atom. The van der Waals surface area contributed by atoms with Crippen molar-refractivity contribution in [3.05, 3.63) is 63.8 Å². The Bertz CT molecular complexity index is 859. The first-order chi connectivity index (χ1) is 12.0. The molecule has 1 heterocycles. The van der Waals surface area contributed by atoms with Crippen LogP contribution in [-0.4, -0.2) is 21.6 Å². The number of amides is 1. The van der Waals surface area contributed by atoms with Gasteiger partial charge in [-0.25, -0.2) is 4.98 Å². The van der Waals surface area contributed by atoms with Crippen molar-refractivity contribution in [3.63, 3.8) is 0 Å². The smallest absolute Gasteiger partial charge is 0.273 e. The Labute approximate surface area is 143 Å². The number of Topliss-reactive ketones (excluding diaryl/α,β-unsaturated/α-hetero) is 1. The topological polar surface area (TPSA) is 126 Å². The average Bonchev–Trinajstić information content (AvgIpc) is 2.62. The number of aryl methyl sites for hydroxylation is 1. The molecule has 1 aromatic heterocycles. The van der Waals surface area contributed by atoms with Gasteiger partial charge < -0.3 is 5.32 Å². The molecule has 0 aliphatic heterocycles. The maximum absolute atomic E-state index is 12.5. The quantitative estimate of drug-likeness (QED) is 0.373. The lowest BCUT2D eigenvalue weighted by atomic mass is 9.96. The first kappa shape index (κ1) is 17.7. The second kappa shape index (κ2) is 7.79. The first-order valence-corrected chi connectivity index (χ1v) is 7.41. The largest absolute Gasteiger partial charge is 0.309 e. The molecule has 126 valence electrons. The van der Waals surface area contributed by atoms with E-state index in [-0.39, 0.29) is 17.1 Å². The van der Waals surface area contributed by atoms with E-state index < -0.39 is 22.5 Å². The molecule has 0 bridgehead atoms. The molecule has 2 aromatic rings. The van der Waals surface area contributed by atoms with Crippen LogP contribution in [0, 0.1) is 27.4 Å². The van der Waals surface area contributed by atoms with Gasteiger partial charge in [0.25, 0.3) is 11.6 Å². The van der Waals surface area contributed by atoms with Crippen molar-refractivity contribution in [2.75, 3.05) is 5.32 Å². The highest BCUT2D eigenvalue weighted by atomic mass is 16.6. The minimum atomic E-state index is -1.63. The van der Waals surface area contributed by atoms with Gasteiger partial charge in [0.2, 0.25) is 0 Å². The highest BCUT2D eigenvalue weighted by Gasteiger charge is 2.29. The Hall–Kier alpha value is -3.60. The van der Waals surface area contributed by atoms with Crippen molar-refractivity contribution in [1.82, 2.24) is 4.98 Å². The molecule has 0 saturated carbocycles. The summed E-state index contributed by atoms with van der Waals surface area (Å²) in [6, 6.07) is 10.4. The van der Waals surface area contributed by atoms with Crippen LogP contribution in [0.25, 0.3) is 0 Å². The van der Waals surface area contributed by atoms with Crippen LogP contribution >= 0.6 is 0 Å². The number of nitro benzene ring substituents is 1. The van der Waals surface area contributed by atoms with Crippen LogP contribution in [0.2, 0.25) is 0 Å². The lowest BCUT2D eigenvalue weighted by Gasteiger charge is -2.09. The predicted octanol–water partition coefficient (Wildman–Crippen LogP) is 2.51. The number of rotatable bonds is 6. The van der Waals surface area contributed by atoms with Gasteiger partial charge in [0.05, 0.1) is 11.0 Å². The minimum Gasteiger partial charge on any atom is -0.309 e. The third kappa shape index (κ3) is 4.03. The zero-order chi connectivity index (χ0) is 18.4. The average molecular weight is 338 g/mol. The van der Waals surface area contributed by atoms with Gasteiger partial charge in [-0.1, -0.05) is 25.1 Å². The summed E-state index contributed by atoms with van der Waals surface area (Å²) in [6.07, 6.45) is 1.87. The Balaban J connectivity index is 2.28. The third-order valence-electron chi connectivity index (χ3n) is 3.52. The molecule has 1 amide bonds. The van der Waals surface area contributed by atoms with E-state index in [1.54, 1.807) is 25.1 Å². The summed E-state index contributed by atoms with van der Waals surface area (Å²) in [7, 11) is 0. The number of nitrogens with zero attached hydrogens (tertiary/aromatic N) is 3. The van der Waals surface area contributed by atoms with E-state index in [9.17, 15) is 25.0 Å². The molecule has 25 heavy (non-hydrogen) atoms. The number of carbonyl (C=O) groups is 2. The molecule has 0 aliphatic rings. The number of nitrogens with one attached hydrogen (secondary N) is 1. The van der Waals surface area contributed by atoms with Gasteiger partial charge in [-0.15, -0.1) is 0 Å². The molecule has 1 N–H and O–H groups in total. The van der Waals surface area contributed by atoms with Crippen LogP contribution in [0.1, 0.15) is 22.8 Å². The monoisotopic (exact) mass is 338 g/mol. The number of ketones is 1. The van der Waals surface area contributed by atoms with Crippen LogP contribution in [0.4, 0.5) is 11.5 Å². The lowest BCUT2D eigenvalue weighted by molar-refractivity contribution is -0.385. The van der Waals surface area contributed by atoms with E-state index in [1.807, 2.05) is 0 Å². The molecule has 1 unspecified atom stereocenters. The summed E-state index contributed by atoms with van der Waals surface area (Å²) < 4.78 is 0. The fourth-order valence-electron chi connectivity index (χ4n) is 2.22. The highest BCUT2D eigenvalue weighted by Crippen LogP contribution is 2.23. The van der Waals surface area contributed by atoms with Gasteiger partial charge >= 0.3 is 0 Å². The summed E-state index contributed by atoms with van der Waals surface area (Å²) in [4.78, 5) is 39.0. The summed E-state index contributed by atoms with van der Waals surface area (Å²) in [6.45, 7) is 1.75. The number of anilines is 1. The second-order valence-corrected chi connectivity index (χ2v) is 5.08. The molecule has 1 atom stereocenters. The molecule has 0 fully saturated rings. The van der Waals surface area contributed by atoms with Crippen LogP contribution < -0.4 is 5.32 Å². The second-order valence-electron chi connectivity index (χ2n) is 5.08. The molecule has 2 rings (SSSR count). The van der Waals surface area contributed by atoms with Gasteiger partial charge in [-0.2, -0.15) is 5.26 Å². The van der Waals surface area contributed by atoms with Crippen molar-refractivity contribution in [2.45, 2.75) is 13.3 Å². The molecule has 0 aliphatic carbocycles. The zero-order valence-corrected chi connectivity index (χ0v) is 13.3. The van der Waals surface area contributed by atoms with Crippen LogP contribution in [-0.2, 0) is 11.2 Å². The summed E-state index contributed by atoms with van der Waals surface area (Å²) >= 11 is 0. The van der Waals surface area contributed by atoms with Gasteiger partial charge in [0.1, 0.15) is 5.82 Å². The van der Waals surface area contributed by atoms with Crippen LogP contribution in [0.5, 0.6) is 0 Å². The predicted molar refractivity (Wildman–Crippen MR) is 88.8 cm³/mol. The number of carbonyl (C=O) groups excluding carboxylic acids is 2. The van der Waals surface area contributed by atoms with E-state index in [4.69, 9.17) is 0 Å². The van der Waals surface area contributed by atoms with Gasteiger partial charge in [0.15, 0.2) is 11.7 Å². The van der Waals surface area contributed by atoms with Crippen LogP contribution in [0.3, 0.4) is 0 Å². The molecule has 8 nitrogen and oxygen atoms in total. The van der Waals surface area contributed by atoms with Crippen molar-refractivity contribution in [3.8, 4) is 6.07 Å². The fourth-order valence-corrected chi connectivity index (χ4v) is 2.22. The molecular formula is C17H14N4O4.